The van der Waals surface area contributed by atoms with Gasteiger partial charge in [0.25, 0.3) is 31.6 Å². The fourth-order valence-corrected chi connectivity index (χ4v) is 3.55. The Balaban J connectivity index is 2.06. The van der Waals surface area contributed by atoms with Gasteiger partial charge in [0.15, 0.2) is 23.3 Å². The third-order valence-electron chi connectivity index (χ3n) is 3.88. The minimum absolute atomic E-state index is 0.366. The van der Waals surface area contributed by atoms with E-state index in [0.717, 1.165) is 0 Å². The van der Waals surface area contributed by atoms with E-state index in [9.17, 15) is 35.1 Å². The molecule has 4 heterocycles. The first-order chi connectivity index (χ1) is 15.0. The van der Waals surface area contributed by atoms with Crippen LogP contribution in [0.3, 0.4) is 0 Å². The molecule has 0 atom stereocenters. The maximum atomic E-state index is 14.3. The highest BCUT2D eigenvalue weighted by atomic mass is 127. The first-order valence-corrected chi connectivity index (χ1v) is 9.90. The number of oxazole rings is 2. The largest absolute Gasteiger partial charge is 0.428 e. The molecule has 6 nitrogen and oxygen atoms in total. The van der Waals surface area contributed by atoms with Crippen molar-refractivity contribution < 1.29 is 44.0 Å². The lowest BCUT2D eigenvalue weighted by Crippen LogP contribution is -2.05. The van der Waals surface area contributed by atoms with Gasteiger partial charge in [-0.25, -0.2) is 27.5 Å². The van der Waals surface area contributed by atoms with Crippen LogP contribution < -0.4 is 0 Å². The van der Waals surface area contributed by atoms with Gasteiger partial charge >= 0.3 is 0 Å². The molecular weight excluding hydrogens is 686 g/mol. The minimum atomic E-state index is -2.02. The first-order valence-electron chi connectivity index (χ1n) is 7.75. The van der Waals surface area contributed by atoms with E-state index >= 15 is 0 Å². The Labute approximate surface area is 197 Å². The Kier molecular flexibility index (Phi) is 5.84. The van der Waals surface area contributed by atoms with Crippen molar-refractivity contribution >= 4 is 45.2 Å². The molecule has 0 N–H and O–H groups in total. The first kappa shape index (κ1) is 22.8. The van der Waals surface area contributed by atoms with Crippen LogP contribution in [0.2, 0.25) is 0 Å². The normalized spacial score (nSPS) is 11.4. The summed E-state index contributed by atoms with van der Waals surface area (Å²) in [6.45, 7) is 0. The van der Waals surface area contributed by atoms with Gasteiger partial charge in [0, 0.05) is 45.2 Å². The van der Waals surface area contributed by atoms with E-state index in [1.807, 2.05) is 0 Å². The second-order valence-corrected chi connectivity index (χ2v) is 7.53. The molecule has 0 spiro atoms. The summed E-state index contributed by atoms with van der Waals surface area (Å²) in [6.07, 6.45) is 0. The number of pyridine rings is 2. The molecule has 0 radical (unpaired) electrons. The number of rotatable bonds is 3. The molecule has 0 unspecified atom stereocenters. The third-order valence-corrected chi connectivity index (χ3v) is 4.80. The summed E-state index contributed by atoms with van der Waals surface area (Å²) in [5.41, 5.74) is -4.59. The molecule has 16 heteroatoms. The van der Waals surface area contributed by atoms with E-state index in [0.29, 0.717) is 0 Å². The highest BCUT2D eigenvalue weighted by molar-refractivity contribution is 14.1. The molecule has 0 aliphatic rings. The van der Waals surface area contributed by atoms with Crippen molar-refractivity contribution in [2.75, 3.05) is 0 Å². The molecule has 166 valence electrons. The Morgan fingerprint density at radius 3 is 1.03 bits per heavy atom. The number of nitrogens with zero attached hydrogens (tertiary/aromatic N) is 4. The monoisotopic (exact) mass is 686 g/mol. The molecule has 32 heavy (non-hydrogen) atoms. The lowest BCUT2D eigenvalue weighted by atomic mass is 10.1. The molecule has 0 bridgehead atoms. The van der Waals surface area contributed by atoms with Crippen LogP contribution in [0.1, 0.15) is 0 Å². The second-order valence-electron chi connectivity index (χ2n) is 5.68. The predicted octanol–water partition coefficient (Wildman–Crippen LogP) is 5.78. The number of hydrogen-bond acceptors (Lipinski definition) is 6. The molecule has 0 aliphatic carbocycles. The Morgan fingerprint density at radius 1 is 0.469 bits per heavy atom. The zero-order valence-electron chi connectivity index (χ0n) is 14.4. The minimum Gasteiger partial charge on any atom is -0.428 e. The molecule has 4 rings (SSSR count). The number of halogens is 10. The average Bonchev–Trinajstić information content (AvgIpc) is 3.28. The van der Waals surface area contributed by atoms with E-state index in [2.05, 4.69) is 19.9 Å². The van der Waals surface area contributed by atoms with Gasteiger partial charge in [-0.15, -0.1) is 0 Å². The smallest absolute Gasteiger partial charge is 0.258 e. The van der Waals surface area contributed by atoms with Crippen molar-refractivity contribution in [1.29, 1.82) is 0 Å². The van der Waals surface area contributed by atoms with Crippen molar-refractivity contribution in [3.8, 4) is 34.0 Å². The summed E-state index contributed by atoms with van der Waals surface area (Å²) in [5.74, 6) is -17.6. The van der Waals surface area contributed by atoms with Gasteiger partial charge in [0.1, 0.15) is 11.4 Å². The fraction of sp³-hybridized carbons (Fsp3) is 0. The molecule has 0 aromatic carbocycles. The van der Waals surface area contributed by atoms with Crippen molar-refractivity contribution in [3.05, 3.63) is 54.9 Å². The van der Waals surface area contributed by atoms with Gasteiger partial charge in [-0.1, -0.05) is 0 Å². The van der Waals surface area contributed by atoms with Crippen LogP contribution in [0.25, 0.3) is 34.0 Å². The maximum Gasteiger partial charge on any atom is 0.258 e. The molecule has 4 aromatic heterocycles. The second kappa shape index (κ2) is 8.19. The SMILES string of the molecule is Fc1nc(F)c(F)c(-c2nc(I)oc2-c2oc(I)nc2-c2c(F)c(F)nc(F)c2F)c1F. The standard InChI is InChI=1S/C16F8I2N4O2/c17-3-1(4(18)12(22)29-11(3)21)7-9(31-15(25)27-7)10-8(28-16(26)32-10)2-5(19)13(23)30-14(24)6(2)20. The Morgan fingerprint density at radius 2 is 0.750 bits per heavy atom. The summed E-state index contributed by atoms with van der Waals surface area (Å²) < 4.78 is 121. The molecular formula is C16F8I2N4O2. The van der Waals surface area contributed by atoms with Crippen LogP contribution in [0, 0.1) is 54.9 Å². The molecule has 0 aliphatic heterocycles. The van der Waals surface area contributed by atoms with E-state index in [1.54, 1.807) is 0 Å². The Bertz CT molecular complexity index is 1250. The molecule has 0 fully saturated rings. The van der Waals surface area contributed by atoms with Gasteiger partial charge < -0.3 is 8.83 Å². The molecule has 4 aromatic rings. The van der Waals surface area contributed by atoms with E-state index in [1.165, 1.54) is 45.2 Å². The van der Waals surface area contributed by atoms with Crippen LogP contribution in [-0.2, 0) is 0 Å². The van der Waals surface area contributed by atoms with Crippen LogP contribution in [-0.4, -0.2) is 19.9 Å². The van der Waals surface area contributed by atoms with Crippen molar-refractivity contribution in [1.82, 2.24) is 19.9 Å². The van der Waals surface area contributed by atoms with Crippen LogP contribution in [0.4, 0.5) is 35.1 Å². The highest BCUT2D eigenvalue weighted by Gasteiger charge is 2.34. The van der Waals surface area contributed by atoms with Gasteiger partial charge in [-0.3, -0.25) is 0 Å². The summed E-state index contributed by atoms with van der Waals surface area (Å²) in [7, 11) is 0. The lowest BCUT2D eigenvalue weighted by molar-refractivity contribution is 0.410. The van der Waals surface area contributed by atoms with Crippen molar-refractivity contribution in [2.45, 2.75) is 0 Å². The summed E-state index contributed by atoms with van der Waals surface area (Å²) in [6, 6.07) is 0. The zero-order chi connectivity index (χ0) is 23.5. The van der Waals surface area contributed by atoms with Crippen LogP contribution in [0.5, 0.6) is 0 Å². The van der Waals surface area contributed by atoms with Crippen molar-refractivity contribution in [3.63, 3.8) is 0 Å². The molecule has 0 amide bonds. The molecule has 0 saturated heterocycles. The van der Waals surface area contributed by atoms with E-state index < -0.39 is 81.1 Å². The quantitative estimate of drug-likeness (QED) is 0.155. The average molecular weight is 686 g/mol. The predicted molar refractivity (Wildman–Crippen MR) is 104 cm³/mol. The third kappa shape index (κ3) is 3.61. The van der Waals surface area contributed by atoms with E-state index in [4.69, 9.17) is 8.83 Å². The number of aromatic nitrogens is 4. The summed E-state index contributed by atoms with van der Waals surface area (Å²) in [5, 5.41) is 0. The van der Waals surface area contributed by atoms with Gasteiger partial charge in [-0.05, 0) is 0 Å². The number of hydrogen-bond donors (Lipinski definition) is 0. The van der Waals surface area contributed by atoms with Gasteiger partial charge in [-0.2, -0.15) is 27.5 Å². The summed E-state index contributed by atoms with van der Waals surface area (Å²) in [4.78, 5) is 12.1. The molecule has 0 saturated carbocycles. The van der Waals surface area contributed by atoms with Gasteiger partial charge in [0.05, 0.1) is 11.1 Å². The van der Waals surface area contributed by atoms with Gasteiger partial charge in [0.2, 0.25) is 11.5 Å². The lowest BCUT2D eigenvalue weighted by Gasteiger charge is -2.06. The van der Waals surface area contributed by atoms with Crippen LogP contribution in [0.15, 0.2) is 8.83 Å². The maximum absolute atomic E-state index is 14.3. The van der Waals surface area contributed by atoms with E-state index in [-0.39, 0.29) is 7.79 Å². The highest BCUT2D eigenvalue weighted by Crippen LogP contribution is 2.42. The van der Waals surface area contributed by atoms with Crippen LogP contribution >= 0.6 is 45.2 Å². The summed E-state index contributed by atoms with van der Waals surface area (Å²) >= 11 is 2.82. The Hall–Kier alpha value is -2.38. The fourth-order valence-electron chi connectivity index (χ4n) is 2.62. The van der Waals surface area contributed by atoms with Crippen molar-refractivity contribution in [2.24, 2.45) is 0 Å². The topological polar surface area (TPSA) is 77.8 Å². The zero-order valence-corrected chi connectivity index (χ0v) is 18.7.